The molecule has 0 amide bonds. The maximum atomic E-state index is 13.1. The molecule has 0 radical (unpaired) electrons. The fourth-order valence-corrected chi connectivity index (χ4v) is 3.24. The summed E-state index contributed by atoms with van der Waals surface area (Å²) in [5.74, 6) is 6.18. The molecule has 0 saturated carbocycles. The standard InChI is InChI=1S/C26H26FN/c1-26(2,23-14-16-24(27)17-15-23)18-7-4-8-19-28(3)20-22-12-9-11-21-10-5-6-13-25(21)22/h4-6,8-17H,19-20H2,1-3H3/b8-4+. The van der Waals surface area contributed by atoms with Crippen molar-refractivity contribution >= 4 is 10.8 Å². The second-order valence-corrected chi connectivity index (χ2v) is 7.64. The number of benzene rings is 3. The van der Waals surface area contributed by atoms with Gasteiger partial charge in [0, 0.05) is 13.1 Å². The van der Waals surface area contributed by atoms with E-state index in [0.29, 0.717) is 0 Å². The third kappa shape index (κ3) is 5.09. The van der Waals surface area contributed by atoms with E-state index in [1.165, 1.54) is 28.5 Å². The fourth-order valence-electron chi connectivity index (χ4n) is 3.24. The number of halogens is 1. The van der Waals surface area contributed by atoms with E-state index in [1.54, 1.807) is 12.1 Å². The van der Waals surface area contributed by atoms with Crippen molar-refractivity contribution < 1.29 is 4.39 Å². The lowest BCUT2D eigenvalue weighted by atomic mass is 9.85. The van der Waals surface area contributed by atoms with Gasteiger partial charge in [0.25, 0.3) is 0 Å². The molecule has 0 spiro atoms. The highest BCUT2D eigenvalue weighted by Crippen LogP contribution is 2.22. The maximum Gasteiger partial charge on any atom is 0.123 e. The molecule has 0 fully saturated rings. The van der Waals surface area contributed by atoms with Gasteiger partial charge < -0.3 is 0 Å². The van der Waals surface area contributed by atoms with Crippen LogP contribution in [0.15, 0.2) is 78.9 Å². The zero-order chi connectivity index (χ0) is 20.0. The molecule has 0 aliphatic carbocycles. The molecule has 0 atom stereocenters. The summed E-state index contributed by atoms with van der Waals surface area (Å²) in [5, 5.41) is 2.58. The van der Waals surface area contributed by atoms with Gasteiger partial charge in [-0.25, -0.2) is 4.39 Å². The lowest BCUT2D eigenvalue weighted by molar-refractivity contribution is 0.365. The molecular weight excluding hydrogens is 345 g/mol. The molecule has 3 aromatic carbocycles. The van der Waals surface area contributed by atoms with E-state index in [9.17, 15) is 4.39 Å². The van der Waals surface area contributed by atoms with Gasteiger partial charge in [0.1, 0.15) is 5.82 Å². The van der Waals surface area contributed by atoms with Crippen molar-refractivity contribution in [1.29, 1.82) is 0 Å². The molecule has 0 unspecified atom stereocenters. The number of rotatable bonds is 5. The molecule has 0 heterocycles. The molecule has 28 heavy (non-hydrogen) atoms. The third-order valence-corrected chi connectivity index (χ3v) is 4.89. The molecule has 3 aromatic rings. The quantitative estimate of drug-likeness (QED) is 0.501. The Bertz CT molecular complexity index is 1010. The van der Waals surface area contributed by atoms with Gasteiger partial charge in [0.15, 0.2) is 0 Å². The summed E-state index contributed by atoms with van der Waals surface area (Å²) in [6.45, 7) is 5.82. The van der Waals surface area contributed by atoms with Crippen molar-refractivity contribution in [2.24, 2.45) is 0 Å². The van der Waals surface area contributed by atoms with Crippen LogP contribution in [-0.4, -0.2) is 18.5 Å². The van der Waals surface area contributed by atoms with Crippen LogP contribution in [0.2, 0.25) is 0 Å². The largest absolute Gasteiger partial charge is 0.298 e. The molecule has 3 rings (SSSR count). The Morgan fingerprint density at radius 2 is 1.68 bits per heavy atom. The molecular formula is C26H26FN. The minimum absolute atomic E-state index is 0.221. The van der Waals surface area contributed by atoms with Crippen molar-refractivity contribution in [3.05, 3.63) is 95.8 Å². The summed E-state index contributed by atoms with van der Waals surface area (Å²) in [6.07, 6.45) is 3.99. The Morgan fingerprint density at radius 3 is 2.46 bits per heavy atom. The Hall–Kier alpha value is -2.89. The smallest absolute Gasteiger partial charge is 0.123 e. The van der Waals surface area contributed by atoms with Gasteiger partial charge in [-0.3, -0.25) is 4.90 Å². The molecule has 142 valence electrons. The summed E-state index contributed by atoms with van der Waals surface area (Å²) in [6, 6.07) is 21.5. The van der Waals surface area contributed by atoms with Crippen LogP contribution in [0.25, 0.3) is 10.8 Å². The second-order valence-electron chi connectivity index (χ2n) is 7.64. The molecule has 0 bridgehead atoms. The SMILES string of the molecule is CN(C/C=C/C#CC(C)(C)c1ccc(F)cc1)Cc1cccc2ccccc12. The van der Waals surface area contributed by atoms with Crippen LogP contribution in [0, 0.1) is 17.7 Å². The predicted octanol–water partition coefficient (Wildman–Crippen LogP) is 5.95. The van der Waals surface area contributed by atoms with Crippen molar-refractivity contribution in [3.63, 3.8) is 0 Å². The molecule has 2 heteroatoms. The Kier molecular flexibility index (Phi) is 6.29. The van der Waals surface area contributed by atoms with E-state index in [-0.39, 0.29) is 11.2 Å². The minimum atomic E-state index is -0.313. The first-order valence-electron chi connectivity index (χ1n) is 9.55. The molecule has 0 aliphatic rings. The van der Waals surface area contributed by atoms with E-state index in [4.69, 9.17) is 0 Å². The number of hydrogen-bond acceptors (Lipinski definition) is 1. The zero-order valence-corrected chi connectivity index (χ0v) is 16.7. The van der Waals surface area contributed by atoms with Gasteiger partial charge >= 0.3 is 0 Å². The van der Waals surface area contributed by atoms with Gasteiger partial charge in [0.05, 0.1) is 5.41 Å². The topological polar surface area (TPSA) is 3.24 Å². The van der Waals surface area contributed by atoms with Gasteiger partial charge in [-0.15, -0.1) is 0 Å². The average Bonchev–Trinajstić information content (AvgIpc) is 2.68. The highest BCUT2D eigenvalue weighted by Gasteiger charge is 2.16. The fraction of sp³-hybridized carbons (Fsp3) is 0.231. The molecule has 0 saturated heterocycles. The summed E-state index contributed by atoms with van der Waals surface area (Å²) in [5.41, 5.74) is 2.03. The number of hydrogen-bond donors (Lipinski definition) is 0. The molecule has 0 aliphatic heterocycles. The lowest BCUT2D eigenvalue weighted by Crippen LogP contribution is -2.17. The minimum Gasteiger partial charge on any atom is -0.298 e. The van der Waals surface area contributed by atoms with Crippen molar-refractivity contribution in [1.82, 2.24) is 4.90 Å². The van der Waals surface area contributed by atoms with Gasteiger partial charge in [0.2, 0.25) is 0 Å². The molecule has 1 nitrogen and oxygen atoms in total. The van der Waals surface area contributed by atoms with Gasteiger partial charge in [-0.1, -0.05) is 72.5 Å². The monoisotopic (exact) mass is 371 g/mol. The van der Waals surface area contributed by atoms with Crippen molar-refractivity contribution in [2.75, 3.05) is 13.6 Å². The van der Waals surface area contributed by atoms with Crippen LogP contribution in [0.5, 0.6) is 0 Å². The van der Waals surface area contributed by atoms with Gasteiger partial charge in [-0.2, -0.15) is 0 Å². The normalized spacial score (nSPS) is 11.8. The lowest BCUT2D eigenvalue weighted by Gasteiger charge is -2.17. The van der Waals surface area contributed by atoms with Crippen LogP contribution < -0.4 is 0 Å². The van der Waals surface area contributed by atoms with Crippen molar-refractivity contribution in [3.8, 4) is 11.8 Å². The molecule has 0 N–H and O–H groups in total. The van der Waals surface area contributed by atoms with E-state index >= 15 is 0 Å². The average molecular weight is 371 g/mol. The van der Waals surface area contributed by atoms with E-state index < -0.39 is 0 Å². The zero-order valence-electron chi connectivity index (χ0n) is 16.7. The maximum absolute atomic E-state index is 13.1. The van der Waals surface area contributed by atoms with Crippen LogP contribution in [0.3, 0.4) is 0 Å². The number of fused-ring (bicyclic) bond motifs is 1. The summed E-state index contributed by atoms with van der Waals surface area (Å²) in [7, 11) is 2.11. The summed E-state index contributed by atoms with van der Waals surface area (Å²) in [4.78, 5) is 2.27. The first-order chi connectivity index (χ1) is 13.5. The highest BCUT2D eigenvalue weighted by molar-refractivity contribution is 5.85. The van der Waals surface area contributed by atoms with Crippen LogP contribution in [-0.2, 0) is 12.0 Å². The number of nitrogens with zero attached hydrogens (tertiary/aromatic N) is 1. The number of likely N-dealkylation sites (N-methyl/N-ethyl adjacent to an activating group) is 1. The Balaban J connectivity index is 1.59. The predicted molar refractivity (Wildman–Crippen MR) is 117 cm³/mol. The Morgan fingerprint density at radius 1 is 0.964 bits per heavy atom. The Labute approximate surface area is 167 Å². The molecule has 0 aromatic heterocycles. The van der Waals surface area contributed by atoms with E-state index in [2.05, 4.69) is 72.3 Å². The van der Waals surface area contributed by atoms with Crippen molar-refractivity contribution in [2.45, 2.75) is 25.8 Å². The van der Waals surface area contributed by atoms with Crippen LogP contribution in [0.1, 0.15) is 25.0 Å². The van der Waals surface area contributed by atoms with E-state index in [0.717, 1.165) is 18.7 Å². The van der Waals surface area contributed by atoms with Gasteiger partial charge in [-0.05, 0) is 61.0 Å². The van der Waals surface area contributed by atoms with Crippen LogP contribution >= 0.6 is 0 Å². The number of allylic oxidation sites excluding steroid dienone is 1. The summed E-state index contributed by atoms with van der Waals surface area (Å²) >= 11 is 0. The summed E-state index contributed by atoms with van der Waals surface area (Å²) < 4.78 is 13.1. The highest BCUT2D eigenvalue weighted by atomic mass is 19.1. The first kappa shape index (κ1) is 19.9. The van der Waals surface area contributed by atoms with Crippen LogP contribution in [0.4, 0.5) is 4.39 Å². The van der Waals surface area contributed by atoms with E-state index in [1.807, 2.05) is 19.9 Å². The third-order valence-electron chi connectivity index (χ3n) is 4.89. The first-order valence-corrected chi connectivity index (χ1v) is 9.55. The second kappa shape index (κ2) is 8.87.